The number of nitrogens with zero attached hydrogens (tertiary/aromatic N) is 2. The van der Waals surface area contributed by atoms with Crippen molar-refractivity contribution in [1.29, 1.82) is 0 Å². The molecule has 0 amide bonds. The summed E-state index contributed by atoms with van der Waals surface area (Å²) in [4.78, 5) is 5.62. The summed E-state index contributed by atoms with van der Waals surface area (Å²) < 4.78 is 26.5. The minimum atomic E-state index is -0.800. The maximum absolute atomic E-state index is 13.5. The number of hydrogen-bond donors (Lipinski definition) is 1. The second-order valence-electron chi connectivity index (χ2n) is 4.35. The number of nitrogens with two attached hydrogens (primary N) is 1. The van der Waals surface area contributed by atoms with E-state index in [4.69, 9.17) is 5.73 Å². The van der Waals surface area contributed by atoms with E-state index in [1.807, 2.05) is 4.90 Å². The molecular weight excluding hydrogens is 212 g/mol. The lowest BCUT2D eigenvalue weighted by Gasteiger charge is -2.32. The first kappa shape index (κ1) is 11.1. The molecule has 1 fully saturated rings. The Balaban J connectivity index is 2.29. The van der Waals surface area contributed by atoms with Crippen LogP contribution in [0.25, 0.3) is 0 Å². The number of piperidine rings is 1. The van der Waals surface area contributed by atoms with Crippen LogP contribution >= 0.6 is 0 Å². The van der Waals surface area contributed by atoms with Crippen LogP contribution < -0.4 is 10.6 Å². The normalized spacial score (nSPS) is 21.2. The summed E-state index contributed by atoms with van der Waals surface area (Å²) in [5, 5.41) is 0. The first-order valence-electron chi connectivity index (χ1n) is 5.44. The van der Waals surface area contributed by atoms with Crippen molar-refractivity contribution in [3.05, 3.63) is 17.7 Å². The Hall–Kier alpha value is -1.39. The maximum atomic E-state index is 13.5. The van der Waals surface area contributed by atoms with Crippen LogP contribution in [0.2, 0.25) is 0 Å². The Morgan fingerprint density at radius 1 is 1.44 bits per heavy atom. The molecule has 2 rings (SSSR count). The van der Waals surface area contributed by atoms with Crippen molar-refractivity contribution in [1.82, 2.24) is 4.98 Å². The van der Waals surface area contributed by atoms with E-state index in [1.165, 1.54) is 0 Å². The molecule has 0 spiro atoms. The molecular formula is C11H15F2N3. The third-order valence-corrected chi connectivity index (χ3v) is 2.89. The fourth-order valence-electron chi connectivity index (χ4n) is 2.07. The van der Waals surface area contributed by atoms with Gasteiger partial charge in [-0.1, -0.05) is 6.92 Å². The highest BCUT2D eigenvalue weighted by Gasteiger charge is 2.21. The van der Waals surface area contributed by atoms with Crippen LogP contribution in [0, 0.1) is 17.6 Å². The van der Waals surface area contributed by atoms with Crippen molar-refractivity contribution in [2.45, 2.75) is 19.8 Å². The van der Waals surface area contributed by atoms with Crippen LogP contribution in [-0.2, 0) is 0 Å². The SMILES string of the molecule is CC1CCCN(c2nc(N)c(F)cc2F)C1. The summed E-state index contributed by atoms with van der Waals surface area (Å²) in [7, 11) is 0. The van der Waals surface area contributed by atoms with Gasteiger partial charge in [-0.2, -0.15) is 0 Å². The smallest absolute Gasteiger partial charge is 0.168 e. The number of halogens is 2. The zero-order chi connectivity index (χ0) is 11.7. The van der Waals surface area contributed by atoms with Crippen molar-refractivity contribution < 1.29 is 8.78 Å². The molecule has 2 heterocycles. The van der Waals surface area contributed by atoms with E-state index < -0.39 is 11.6 Å². The zero-order valence-electron chi connectivity index (χ0n) is 9.21. The van der Waals surface area contributed by atoms with Crippen LogP contribution in [0.15, 0.2) is 6.07 Å². The Kier molecular flexibility index (Phi) is 2.94. The Morgan fingerprint density at radius 3 is 2.88 bits per heavy atom. The molecule has 1 aromatic heterocycles. The highest BCUT2D eigenvalue weighted by atomic mass is 19.1. The highest BCUT2D eigenvalue weighted by molar-refractivity contribution is 5.47. The summed E-state index contributed by atoms with van der Waals surface area (Å²) in [6.45, 7) is 3.60. The Bertz CT molecular complexity index is 395. The van der Waals surface area contributed by atoms with E-state index in [-0.39, 0.29) is 11.6 Å². The second kappa shape index (κ2) is 4.23. The predicted octanol–water partition coefficient (Wildman–Crippen LogP) is 2.18. The van der Waals surface area contributed by atoms with Gasteiger partial charge in [0.15, 0.2) is 23.3 Å². The highest BCUT2D eigenvalue weighted by Crippen LogP contribution is 2.25. The third kappa shape index (κ3) is 2.08. The van der Waals surface area contributed by atoms with Gasteiger partial charge >= 0.3 is 0 Å². The van der Waals surface area contributed by atoms with E-state index in [1.54, 1.807) is 0 Å². The van der Waals surface area contributed by atoms with Crippen molar-refractivity contribution in [3.8, 4) is 0 Å². The molecule has 3 nitrogen and oxygen atoms in total. The van der Waals surface area contributed by atoms with Gasteiger partial charge < -0.3 is 10.6 Å². The largest absolute Gasteiger partial charge is 0.381 e. The Labute approximate surface area is 93.3 Å². The minimum absolute atomic E-state index is 0.172. The monoisotopic (exact) mass is 227 g/mol. The van der Waals surface area contributed by atoms with Gasteiger partial charge in [-0.25, -0.2) is 13.8 Å². The van der Waals surface area contributed by atoms with Crippen LogP contribution in [0.4, 0.5) is 20.4 Å². The van der Waals surface area contributed by atoms with Gasteiger partial charge in [0, 0.05) is 19.2 Å². The average Bonchev–Trinajstić information content (AvgIpc) is 2.23. The summed E-state index contributed by atoms with van der Waals surface area (Å²) >= 11 is 0. The van der Waals surface area contributed by atoms with Crippen LogP contribution in [0.1, 0.15) is 19.8 Å². The number of rotatable bonds is 1. The number of hydrogen-bond acceptors (Lipinski definition) is 3. The standard InChI is InChI=1S/C11H15F2N3/c1-7-3-2-4-16(6-7)11-9(13)5-8(12)10(14)15-11/h5,7H,2-4,6H2,1H3,(H2,14,15). The molecule has 1 atom stereocenters. The molecule has 2 N–H and O–H groups in total. The lowest BCUT2D eigenvalue weighted by Crippen LogP contribution is -2.35. The molecule has 5 heteroatoms. The fraction of sp³-hybridized carbons (Fsp3) is 0.545. The summed E-state index contributed by atoms with van der Waals surface area (Å²) in [5.41, 5.74) is 5.35. The average molecular weight is 227 g/mol. The van der Waals surface area contributed by atoms with Crippen molar-refractivity contribution in [2.75, 3.05) is 23.7 Å². The molecule has 0 bridgehead atoms. The minimum Gasteiger partial charge on any atom is -0.381 e. The molecule has 16 heavy (non-hydrogen) atoms. The number of anilines is 2. The molecule has 1 unspecified atom stereocenters. The molecule has 1 aliphatic heterocycles. The third-order valence-electron chi connectivity index (χ3n) is 2.89. The van der Waals surface area contributed by atoms with Gasteiger partial charge in [-0.15, -0.1) is 0 Å². The summed E-state index contributed by atoms with van der Waals surface area (Å²) in [6, 6.07) is 0.803. The number of pyridine rings is 1. The van der Waals surface area contributed by atoms with Gasteiger partial charge in [-0.3, -0.25) is 0 Å². The van der Waals surface area contributed by atoms with E-state index >= 15 is 0 Å². The fourth-order valence-corrected chi connectivity index (χ4v) is 2.07. The lowest BCUT2D eigenvalue weighted by molar-refractivity contribution is 0.438. The molecule has 1 saturated heterocycles. The van der Waals surface area contributed by atoms with Gasteiger partial charge in [-0.05, 0) is 18.8 Å². The number of nitrogen functional groups attached to an aromatic ring is 1. The quantitative estimate of drug-likeness (QED) is 0.799. The molecule has 0 aliphatic carbocycles. The summed E-state index contributed by atoms with van der Waals surface area (Å²) in [6.07, 6.45) is 2.13. The van der Waals surface area contributed by atoms with Gasteiger partial charge in [0.1, 0.15) is 0 Å². The van der Waals surface area contributed by atoms with Gasteiger partial charge in [0.2, 0.25) is 0 Å². The van der Waals surface area contributed by atoms with Crippen molar-refractivity contribution in [2.24, 2.45) is 5.92 Å². The van der Waals surface area contributed by atoms with E-state index in [0.29, 0.717) is 5.92 Å². The molecule has 88 valence electrons. The molecule has 0 aromatic carbocycles. The predicted molar refractivity (Wildman–Crippen MR) is 59.2 cm³/mol. The molecule has 0 radical (unpaired) electrons. The van der Waals surface area contributed by atoms with Crippen molar-refractivity contribution >= 4 is 11.6 Å². The van der Waals surface area contributed by atoms with Crippen LogP contribution in [0.5, 0.6) is 0 Å². The molecule has 1 aromatic rings. The molecule has 1 aliphatic rings. The topological polar surface area (TPSA) is 42.2 Å². The molecule has 0 saturated carbocycles. The van der Waals surface area contributed by atoms with Crippen LogP contribution in [0.3, 0.4) is 0 Å². The first-order valence-corrected chi connectivity index (χ1v) is 5.44. The van der Waals surface area contributed by atoms with Gasteiger partial charge in [0.05, 0.1) is 0 Å². The first-order chi connectivity index (χ1) is 7.58. The van der Waals surface area contributed by atoms with E-state index in [0.717, 1.165) is 32.0 Å². The maximum Gasteiger partial charge on any atom is 0.168 e. The number of aromatic nitrogens is 1. The van der Waals surface area contributed by atoms with Gasteiger partial charge in [0.25, 0.3) is 0 Å². The van der Waals surface area contributed by atoms with E-state index in [9.17, 15) is 8.78 Å². The summed E-state index contributed by atoms with van der Waals surface area (Å²) in [5.74, 6) is -1.01. The second-order valence-corrected chi connectivity index (χ2v) is 4.35. The zero-order valence-corrected chi connectivity index (χ0v) is 9.21. The lowest BCUT2D eigenvalue weighted by atomic mass is 10.0. The van der Waals surface area contributed by atoms with Crippen LogP contribution in [-0.4, -0.2) is 18.1 Å². The Morgan fingerprint density at radius 2 is 2.19 bits per heavy atom. The van der Waals surface area contributed by atoms with E-state index in [2.05, 4.69) is 11.9 Å². The van der Waals surface area contributed by atoms with Crippen molar-refractivity contribution in [3.63, 3.8) is 0 Å².